The summed E-state index contributed by atoms with van der Waals surface area (Å²) in [7, 11) is 0. The molecule has 1 aliphatic heterocycles. The van der Waals surface area contributed by atoms with Crippen LogP contribution in [0.3, 0.4) is 0 Å². The number of rotatable bonds is 5. The predicted molar refractivity (Wildman–Crippen MR) is 90.2 cm³/mol. The van der Waals surface area contributed by atoms with Crippen molar-refractivity contribution in [3.8, 4) is 17.1 Å². The highest BCUT2D eigenvalue weighted by Crippen LogP contribution is 2.24. The number of hydrogen-bond acceptors (Lipinski definition) is 5. The van der Waals surface area contributed by atoms with Gasteiger partial charge in [0.05, 0.1) is 29.8 Å². The second-order valence-corrected chi connectivity index (χ2v) is 5.95. The van der Waals surface area contributed by atoms with Crippen molar-refractivity contribution < 1.29 is 17.9 Å². The molecule has 136 valence electrons. The molecule has 2 atom stereocenters. The minimum Gasteiger partial charge on any atom is -0.433 e. The minimum atomic E-state index is -2.90. The van der Waals surface area contributed by atoms with Gasteiger partial charge in [0.15, 0.2) is 0 Å². The van der Waals surface area contributed by atoms with Crippen LogP contribution in [0.4, 0.5) is 19.0 Å². The summed E-state index contributed by atoms with van der Waals surface area (Å²) < 4.78 is 44.7. The van der Waals surface area contributed by atoms with Crippen LogP contribution in [0.1, 0.15) is 0 Å². The quantitative estimate of drug-likeness (QED) is 0.730. The summed E-state index contributed by atoms with van der Waals surface area (Å²) in [6.45, 7) is -2.06. The molecule has 4 rings (SSSR count). The normalized spacial score (nSPS) is 20.0. The van der Waals surface area contributed by atoms with Crippen LogP contribution >= 0.6 is 0 Å². The molecule has 2 unspecified atom stereocenters. The van der Waals surface area contributed by atoms with Crippen molar-refractivity contribution in [1.82, 2.24) is 19.7 Å². The Bertz CT molecular complexity index is 916. The number of pyridine rings is 2. The monoisotopic (exact) mass is 363 g/mol. The Labute approximate surface area is 147 Å². The molecule has 26 heavy (non-hydrogen) atoms. The molecular formula is C17H16F3N5O. The van der Waals surface area contributed by atoms with Gasteiger partial charge in [0, 0.05) is 13.1 Å². The minimum absolute atomic E-state index is 0.0262. The number of fused-ring (bicyclic) bond motifs is 1. The summed E-state index contributed by atoms with van der Waals surface area (Å²) in [5.41, 5.74) is 1.77. The molecule has 6 nitrogen and oxygen atoms in total. The Morgan fingerprint density at radius 1 is 1.23 bits per heavy atom. The Kier molecular flexibility index (Phi) is 4.37. The molecule has 4 heterocycles. The van der Waals surface area contributed by atoms with Crippen molar-refractivity contribution in [3.63, 3.8) is 0 Å². The molecule has 0 saturated carbocycles. The highest BCUT2D eigenvalue weighted by Gasteiger charge is 2.26. The third-order valence-corrected chi connectivity index (χ3v) is 4.19. The van der Waals surface area contributed by atoms with Crippen molar-refractivity contribution in [2.45, 2.75) is 18.8 Å². The largest absolute Gasteiger partial charge is 0.433 e. The Morgan fingerprint density at radius 2 is 2.12 bits per heavy atom. The summed E-state index contributed by atoms with van der Waals surface area (Å²) in [5.74, 6) is 0.562. The van der Waals surface area contributed by atoms with Gasteiger partial charge in [0.2, 0.25) is 0 Å². The van der Waals surface area contributed by atoms with Crippen LogP contribution in [0.15, 0.2) is 42.7 Å². The zero-order valence-corrected chi connectivity index (χ0v) is 13.6. The van der Waals surface area contributed by atoms with Crippen LogP contribution in [0.5, 0.6) is 5.75 Å². The average Bonchev–Trinajstić information content (AvgIpc) is 3.21. The Morgan fingerprint density at radius 3 is 2.88 bits per heavy atom. The molecule has 1 fully saturated rings. The van der Waals surface area contributed by atoms with E-state index < -0.39 is 12.8 Å². The van der Waals surface area contributed by atoms with E-state index in [-0.39, 0.29) is 11.8 Å². The molecule has 9 heteroatoms. The summed E-state index contributed by atoms with van der Waals surface area (Å²) in [6, 6.07) is 7.99. The molecule has 0 aromatic carbocycles. The van der Waals surface area contributed by atoms with E-state index in [4.69, 9.17) is 0 Å². The number of aromatic nitrogens is 3. The van der Waals surface area contributed by atoms with Crippen LogP contribution in [-0.4, -0.2) is 46.3 Å². The number of nitrogens with one attached hydrogen (secondary N) is 2. The first-order chi connectivity index (χ1) is 12.6. The molecule has 0 radical (unpaired) electrons. The van der Waals surface area contributed by atoms with E-state index in [1.807, 2.05) is 0 Å². The fraction of sp³-hybridized carbons (Fsp3) is 0.294. The topological polar surface area (TPSA) is 63.5 Å². The second kappa shape index (κ2) is 6.83. The SMILES string of the molecule is FC(F)Oc1ccc2ncc(-c3cccc(NC4CNCC4F)n3)n2c1. The molecule has 3 aromatic rings. The van der Waals surface area contributed by atoms with Gasteiger partial charge >= 0.3 is 6.61 Å². The maximum Gasteiger partial charge on any atom is 0.387 e. The second-order valence-electron chi connectivity index (χ2n) is 5.95. The van der Waals surface area contributed by atoms with E-state index in [2.05, 4.69) is 25.3 Å². The van der Waals surface area contributed by atoms with Crippen LogP contribution in [-0.2, 0) is 0 Å². The van der Waals surface area contributed by atoms with Crippen molar-refractivity contribution >= 4 is 11.5 Å². The van der Waals surface area contributed by atoms with E-state index >= 15 is 0 Å². The van der Waals surface area contributed by atoms with Crippen LogP contribution in [0.25, 0.3) is 17.0 Å². The van der Waals surface area contributed by atoms with Crippen molar-refractivity contribution in [1.29, 1.82) is 0 Å². The number of nitrogens with zero attached hydrogens (tertiary/aromatic N) is 3. The summed E-state index contributed by atoms with van der Waals surface area (Å²) in [4.78, 5) is 8.75. The van der Waals surface area contributed by atoms with Gasteiger partial charge in [-0.3, -0.25) is 4.40 Å². The van der Waals surface area contributed by atoms with Crippen LogP contribution in [0, 0.1) is 0 Å². The smallest absolute Gasteiger partial charge is 0.387 e. The Balaban J connectivity index is 1.65. The van der Waals surface area contributed by atoms with Gasteiger partial charge in [-0.05, 0) is 24.3 Å². The first-order valence-electron chi connectivity index (χ1n) is 8.11. The maximum absolute atomic E-state index is 13.8. The fourth-order valence-electron chi connectivity index (χ4n) is 2.96. The van der Waals surface area contributed by atoms with Gasteiger partial charge < -0.3 is 15.4 Å². The maximum atomic E-state index is 13.8. The molecule has 0 bridgehead atoms. The number of ether oxygens (including phenoxy) is 1. The molecule has 0 amide bonds. The van der Waals surface area contributed by atoms with E-state index in [1.54, 1.807) is 34.9 Å². The lowest BCUT2D eigenvalue weighted by Gasteiger charge is -2.15. The fourth-order valence-corrected chi connectivity index (χ4v) is 2.96. The van der Waals surface area contributed by atoms with E-state index in [9.17, 15) is 13.2 Å². The van der Waals surface area contributed by atoms with E-state index in [1.165, 1.54) is 12.3 Å². The first-order valence-corrected chi connectivity index (χ1v) is 8.11. The van der Waals surface area contributed by atoms with Gasteiger partial charge in [-0.2, -0.15) is 8.78 Å². The number of anilines is 1. The van der Waals surface area contributed by atoms with E-state index in [0.29, 0.717) is 35.9 Å². The van der Waals surface area contributed by atoms with Gasteiger partial charge in [0.1, 0.15) is 23.4 Å². The predicted octanol–water partition coefficient (Wildman–Crippen LogP) is 2.72. The highest BCUT2D eigenvalue weighted by atomic mass is 19.3. The standard InChI is InChI=1S/C17H16F3N5O/c18-11-6-21-7-13(11)24-15-3-1-2-12(23-15)14-8-22-16-5-4-10(9-25(14)16)26-17(19)20/h1-5,8-9,11,13,17,21H,6-7H2,(H,23,24). The van der Waals surface area contributed by atoms with E-state index in [0.717, 1.165) is 0 Å². The van der Waals surface area contributed by atoms with Crippen molar-refractivity contribution in [2.24, 2.45) is 0 Å². The summed E-state index contributed by atoms with van der Waals surface area (Å²) in [5, 5.41) is 6.05. The molecular weight excluding hydrogens is 347 g/mol. The molecule has 1 saturated heterocycles. The van der Waals surface area contributed by atoms with Crippen molar-refractivity contribution in [2.75, 3.05) is 18.4 Å². The van der Waals surface area contributed by atoms with Crippen LogP contribution < -0.4 is 15.4 Å². The third kappa shape index (κ3) is 3.30. The molecule has 3 aromatic heterocycles. The number of imidazole rings is 1. The van der Waals surface area contributed by atoms with Crippen LogP contribution in [0.2, 0.25) is 0 Å². The zero-order valence-electron chi connectivity index (χ0n) is 13.6. The molecule has 1 aliphatic rings. The lowest BCUT2D eigenvalue weighted by molar-refractivity contribution is -0.0501. The molecule has 0 aliphatic carbocycles. The first kappa shape index (κ1) is 16.6. The number of alkyl halides is 3. The average molecular weight is 363 g/mol. The lowest BCUT2D eigenvalue weighted by atomic mass is 10.2. The summed E-state index contributed by atoms with van der Waals surface area (Å²) >= 11 is 0. The highest BCUT2D eigenvalue weighted by molar-refractivity contribution is 5.62. The van der Waals surface area contributed by atoms with Gasteiger partial charge in [-0.25, -0.2) is 14.4 Å². The molecule has 2 N–H and O–H groups in total. The van der Waals surface area contributed by atoms with Gasteiger partial charge in [0.25, 0.3) is 0 Å². The Hall–Kier alpha value is -2.81. The number of halogens is 3. The van der Waals surface area contributed by atoms with Gasteiger partial charge in [-0.1, -0.05) is 6.07 Å². The lowest BCUT2D eigenvalue weighted by Crippen LogP contribution is -2.29. The molecule has 0 spiro atoms. The zero-order chi connectivity index (χ0) is 18.1. The van der Waals surface area contributed by atoms with Gasteiger partial charge in [-0.15, -0.1) is 0 Å². The van der Waals surface area contributed by atoms with Crippen molar-refractivity contribution in [3.05, 3.63) is 42.7 Å². The summed E-state index contributed by atoms with van der Waals surface area (Å²) in [6.07, 6.45) is 2.05. The number of hydrogen-bond donors (Lipinski definition) is 2. The third-order valence-electron chi connectivity index (χ3n) is 4.19.